The van der Waals surface area contributed by atoms with Crippen LogP contribution in [0.15, 0.2) is 30.5 Å². The van der Waals surface area contributed by atoms with Crippen molar-refractivity contribution in [1.29, 1.82) is 0 Å². The van der Waals surface area contributed by atoms with Crippen molar-refractivity contribution in [2.24, 2.45) is 5.41 Å². The molecule has 1 saturated heterocycles. The summed E-state index contributed by atoms with van der Waals surface area (Å²) in [5.74, 6) is -2.79. The van der Waals surface area contributed by atoms with E-state index >= 15 is 4.39 Å². The number of fused-ring (bicyclic) bond motifs is 3. The van der Waals surface area contributed by atoms with E-state index in [1.54, 1.807) is 6.92 Å². The highest BCUT2D eigenvalue weighted by Crippen LogP contribution is 2.63. The first-order valence-corrected chi connectivity index (χ1v) is 11.6. The molecule has 3 atom stereocenters. The van der Waals surface area contributed by atoms with E-state index in [2.05, 4.69) is 29.5 Å². The van der Waals surface area contributed by atoms with Crippen LogP contribution in [0.3, 0.4) is 0 Å². The summed E-state index contributed by atoms with van der Waals surface area (Å²) >= 11 is 0. The van der Waals surface area contributed by atoms with Gasteiger partial charge in [-0.1, -0.05) is 26.0 Å². The minimum atomic E-state index is -1.25. The van der Waals surface area contributed by atoms with E-state index in [0.717, 1.165) is 24.0 Å². The number of halogens is 1. The fourth-order valence-electron chi connectivity index (χ4n) is 6.59. The van der Waals surface area contributed by atoms with Crippen molar-refractivity contribution in [3.05, 3.63) is 58.7 Å². The van der Waals surface area contributed by atoms with Gasteiger partial charge in [0.25, 0.3) is 0 Å². The number of pyridine rings is 1. The van der Waals surface area contributed by atoms with E-state index < -0.39 is 34.7 Å². The molecule has 3 aliphatic rings. The zero-order valence-electron chi connectivity index (χ0n) is 19.5. The molecule has 3 heterocycles. The Bertz CT molecular complexity index is 1170. The van der Waals surface area contributed by atoms with Crippen molar-refractivity contribution in [3.8, 4) is 0 Å². The van der Waals surface area contributed by atoms with Crippen molar-refractivity contribution in [2.45, 2.75) is 76.3 Å². The van der Waals surface area contributed by atoms with Gasteiger partial charge in [0.05, 0.1) is 5.69 Å². The molecular formula is C26H30FN3O3. The number of aryl methyl sites for hydroxylation is 2. The average molecular weight is 452 g/mol. The summed E-state index contributed by atoms with van der Waals surface area (Å²) in [5.41, 5.74) is 0.908. The van der Waals surface area contributed by atoms with Crippen molar-refractivity contribution in [1.82, 2.24) is 10.3 Å². The Balaban J connectivity index is 1.83. The lowest BCUT2D eigenvalue weighted by Gasteiger charge is -2.50. The second kappa shape index (κ2) is 7.10. The maximum Gasteiger partial charge on any atom is 0.321 e. The highest BCUT2D eigenvalue weighted by molar-refractivity contribution is 6.09. The molecule has 7 heteroatoms. The Morgan fingerprint density at radius 3 is 2.52 bits per heavy atom. The molecule has 1 aliphatic carbocycles. The zero-order chi connectivity index (χ0) is 23.8. The summed E-state index contributed by atoms with van der Waals surface area (Å²) < 4.78 is 15.6. The number of aromatic nitrogens is 1. The van der Waals surface area contributed by atoms with Gasteiger partial charge in [-0.25, -0.2) is 4.39 Å². The van der Waals surface area contributed by atoms with Gasteiger partial charge in [-0.3, -0.25) is 19.9 Å². The summed E-state index contributed by atoms with van der Waals surface area (Å²) in [6, 6.07) is 6.22. The number of nitrogens with zero attached hydrogens (tertiary/aromatic N) is 1. The maximum absolute atomic E-state index is 15.6. The number of benzene rings is 1. The van der Waals surface area contributed by atoms with Crippen LogP contribution < -0.4 is 10.6 Å². The normalized spacial score (nSPS) is 29.3. The van der Waals surface area contributed by atoms with Crippen molar-refractivity contribution in [2.75, 3.05) is 5.32 Å². The van der Waals surface area contributed by atoms with Gasteiger partial charge in [0.2, 0.25) is 5.91 Å². The first-order valence-electron chi connectivity index (χ1n) is 11.6. The van der Waals surface area contributed by atoms with E-state index in [1.807, 2.05) is 25.1 Å². The van der Waals surface area contributed by atoms with Gasteiger partial charge < -0.3 is 10.4 Å². The number of carbonyl (C=O) groups excluding carboxylic acids is 1. The van der Waals surface area contributed by atoms with Crippen LogP contribution >= 0.6 is 0 Å². The fraction of sp³-hybridized carbons (Fsp3) is 0.500. The van der Waals surface area contributed by atoms with Crippen LogP contribution in [0.2, 0.25) is 0 Å². The number of amides is 1. The first kappa shape index (κ1) is 22.0. The predicted molar refractivity (Wildman–Crippen MR) is 123 cm³/mol. The second-order valence-corrected chi connectivity index (χ2v) is 10.8. The summed E-state index contributed by atoms with van der Waals surface area (Å²) in [5, 5.41) is 16.8. The van der Waals surface area contributed by atoms with Gasteiger partial charge in [-0.2, -0.15) is 0 Å². The molecule has 2 aliphatic heterocycles. The van der Waals surface area contributed by atoms with Crippen LogP contribution in [0, 0.1) is 25.1 Å². The van der Waals surface area contributed by atoms with Crippen LogP contribution in [0.25, 0.3) is 0 Å². The van der Waals surface area contributed by atoms with Gasteiger partial charge in [0.15, 0.2) is 0 Å². The van der Waals surface area contributed by atoms with Gasteiger partial charge in [0, 0.05) is 23.3 Å². The minimum absolute atomic E-state index is 0.0919. The topological polar surface area (TPSA) is 91.3 Å². The fourth-order valence-corrected chi connectivity index (χ4v) is 6.59. The van der Waals surface area contributed by atoms with Gasteiger partial charge >= 0.3 is 5.97 Å². The third kappa shape index (κ3) is 2.91. The molecule has 1 aromatic carbocycles. The molecule has 1 unspecified atom stereocenters. The van der Waals surface area contributed by atoms with E-state index in [9.17, 15) is 14.7 Å². The van der Waals surface area contributed by atoms with Crippen LogP contribution in [-0.4, -0.2) is 33.5 Å². The Hall–Kier alpha value is -2.80. The number of carboxylic acid groups (broad SMARTS) is 1. The molecule has 6 nitrogen and oxygen atoms in total. The molecular weight excluding hydrogens is 421 g/mol. The number of anilines is 1. The lowest BCUT2D eigenvalue weighted by Crippen LogP contribution is -2.61. The van der Waals surface area contributed by atoms with Crippen LogP contribution in [0.5, 0.6) is 0 Å². The summed E-state index contributed by atoms with van der Waals surface area (Å²) in [7, 11) is 0. The van der Waals surface area contributed by atoms with E-state index in [-0.39, 0.29) is 22.6 Å². The van der Waals surface area contributed by atoms with Crippen molar-refractivity contribution in [3.63, 3.8) is 0 Å². The summed E-state index contributed by atoms with van der Waals surface area (Å²) in [6.45, 7) is 7.92. The maximum atomic E-state index is 15.6. The standard InChI is InChI=1S/C26H30FN3O3/c1-14-5-6-17-18(13-14)29-23(33)26(17)19(16-7-12-28-15(2)20(16)27)21(22(31)32)30-25(26)10-8-24(3,4)9-11-25/h5-7,12-13,19,21,30H,8-11H2,1-4H3,(H,29,33)(H,31,32)/t19-,21+,26?/m0/s1. The third-order valence-electron chi connectivity index (χ3n) is 8.34. The van der Waals surface area contributed by atoms with Crippen LogP contribution in [-0.2, 0) is 15.0 Å². The quantitative estimate of drug-likeness (QED) is 0.636. The van der Waals surface area contributed by atoms with Gasteiger partial charge in [0.1, 0.15) is 17.3 Å². The molecule has 33 heavy (non-hydrogen) atoms. The molecule has 1 saturated carbocycles. The molecule has 0 bridgehead atoms. The minimum Gasteiger partial charge on any atom is -0.480 e. The average Bonchev–Trinajstić information content (AvgIpc) is 3.20. The molecule has 1 amide bonds. The molecule has 2 aromatic rings. The second-order valence-electron chi connectivity index (χ2n) is 10.8. The number of hydrogen-bond acceptors (Lipinski definition) is 4. The van der Waals surface area contributed by atoms with Gasteiger partial charge in [-0.15, -0.1) is 0 Å². The molecule has 1 aromatic heterocycles. The molecule has 3 N–H and O–H groups in total. The number of nitrogens with one attached hydrogen (secondary N) is 2. The molecule has 5 rings (SSSR count). The molecule has 2 spiro atoms. The number of aliphatic carboxylic acids is 1. The predicted octanol–water partition coefficient (Wildman–Crippen LogP) is 4.21. The highest BCUT2D eigenvalue weighted by Gasteiger charge is 2.73. The molecule has 0 radical (unpaired) electrons. The van der Waals surface area contributed by atoms with Crippen LogP contribution in [0.4, 0.5) is 10.1 Å². The SMILES string of the molecule is Cc1ccc2c(c1)NC(=O)C21[C@@H](c2ccnc(C)c2F)[C@H](C(=O)O)NC12CCC(C)(C)CC2. The third-order valence-corrected chi connectivity index (χ3v) is 8.34. The Kier molecular flexibility index (Phi) is 4.73. The Labute approximate surface area is 193 Å². The first-order chi connectivity index (χ1) is 15.5. The number of rotatable bonds is 2. The lowest BCUT2D eigenvalue weighted by molar-refractivity contribution is -0.139. The summed E-state index contributed by atoms with van der Waals surface area (Å²) in [4.78, 5) is 30.7. The Morgan fingerprint density at radius 2 is 1.85 bits per heavy atom. The largest absolute Gasteiger partial charge is 0.480 e. The monoisotopic (exact) mass is 451 g/mol. The lowest BCUT2D eigenvalue weighted by atomic mass is 9.53. The van der Waals surface area contributed by atoms with E-state index in [1.165, 1.54) is 12.3 Å². The Morgan fingerprint density at radius 1 is 1.15 bits per heavy atom. The number of hydrogen-bond donors (Lipinski definition) is 3. The number of carboxylic acids is 1. The molecule has 2 fully saturated rings. The highest BCUT2D eigenvalue weighted by atomic mass is 19.1. The van der Waals surface area contributed by atoms with Gasteiger partial charge in [-0.05, 0) is 73.8 Å². The van der Waals surface area contributed by atoms with E-state index in [4.69, 9.17) is 0 Å². The summed E-state index contributed by atoms with van der Waals surface area (Å²) in [6.07, 6.45) is 4.44. The van der Waals surface area contributed by atoms with Crippen LogP contribution in [0.1, 0.15) is 67.8 Å². The smallest absolute Gasteiger partial charge is 0.321 e. The number of carbonyl (C=O) groups is 2. The van der Waals surface area contributed by atoms with Crippen molar-refractivity contribution < 1.29 is 19.1 Å². The molecule has 174 valence electrons. The zero-order valence-corrected chi connectivity index (χ0v) is 19.5. The van der Waals surface area contributed by atoms with Crippen molar-refractivity contribution >= 4 is 17.6 Å². The van der Waals surface area contributed by atoms with E-state index in [0.29, 0.717) is 18.5 Å².